The molecule has 0 fully saturated rings. The van der Waals surface area contributed by atoms with Gasteiger partial charge in [-0.05, 0) is 29.7 Å². The molecule has 0 bridgehead atoms. The van der Waals surface area contributed by atoms with Crippen LogP contribution in [0.25, 0.3) is 10.8 Å². The predicted molar refractivity (Wildman–Crippen MR) is 84.6 cm³/mol. The molecule has 2 aromatic rings. The van der Waals surface area contributed by atoms with E-state index in [-0.39, 0.29) is 17.9 Å². The fraction of sp³-hybridized carbons (Fsp3) is 0.389. The van der Waals surface area contributed by atoms with Gasteiger partial charge in [-0.3, -0.25) is 4.79 Å². The number of hydrogen-bond acceptors (Lipinski definition) is 1. The Labute approximate surface area is 121 Å². The molecule has 0 saturated carbocycles. The van der Waals surface area contributed by atoms with Crippen molar-refractivity contribution < 1.29 is 4.79 Å². The minimum atomic E-state index is 0.0351. The van der Waals surface area contributed by atoms with E-state index >= 15 is 0 Å². The third-order valence-electron chi connectivity index (χ3n) is 3.82. The molecule has 0 aromatic heterocycles. The second-order valence-electron chi connectivity index (χ2n) is 5.49. The average molecular weight is 269 g/mol. The summed E-state index contributed by atoms with van der Waals surface area (Å²) in [5, 5.41) is 5.56. The highest BCUT2D eigenvalue weighted by Gasteiger charge is 2.16. The maximum Gasteiger partial charge on any atom is 0.223 e. The Morgan fingerprint density at radius 1 is 1.10 bits per heavy atom. The van der Waals surface area contributed by atoms with E-state index in [2.05, 4.69) is 49.5 Å². The lowest BCUT2D eigenvalue weighted by atomic mass is 9.98. The molecule has 0 spiro atoms. The second-order valence-corrected chi connectivity index (χ2v) is 5.49. The molecule has 20 heavy (non-hydrogen) atoms. The standard InChI is InChI=1S/C18H23NO/c1-4-8-13(2)18(20)19-14(3)16-12-7-10-15-9-5-6-11-17(15)16/h5-7,9-14H,4,8H2,1-3H3,(H,19,20). The summed E-state index contributed by atoms with van der Waals surface area (Å²) < 4.78 is 0. The van der Waals surface area contributed by atoms with Gasteiger partial charge in [-0.1, -0.05) is 62.7 Å². The zero-order chi connectivity index (χ0) is 14.5. The first-order chi connectivity index (χ1) is 9.63. The minimum Gasteiger partial charge on any atom is -0.349 e. The first kappa shape index (κ1) is 14.6. The van der Waals surface area contributed by atoms with E-state index in [1.807, 2.05) is 19.1 Å². The van der Waals surface area contributed by atoms with Gasteiger partial charge < -0.3 is 5.32 Å². The summed E-state index contributed by atoms with van der Waals surface area (Å²) >= 11 is 0. The van der Waals surface area contributed by atoms with E-state index in [0.29, 0.717) is 0 Å². The molecule has 0 heterocycles. The molecule has 1 amide bonds. The lowest BCUT2D eigenvalue weighted by molar-refractivity contribution is -0.125. The van der Waals surface area contributed by atoms with E-state index in [1.54, 1.807) is 0 Å². The van der Waals surface area contributed by atoms with Crippen molar-refractivity contribution in [3.05, 3.63) is 48.0 Å². The highest BCUT2D eigenvalue weighted by atomic mass is 16.1. The van der Waals surface area contributed by atoms with Crippen LogP contribution in [0, 0.1) is 5.92 Å². The minimum absolute atomic E-state index is 0.0351. The monoisotopic (exact) mass is 269 g/mol. The second kappa shape index (κ2) is 6.56. The molecule has 0 saturated heterocycles. The van der Waals surface area contributed by atoms with Crippen molar-refractivity contribution in [1.82, 2.24) is 5.32 Å². The van der Waals surface area contributed by atoms with Crippen LogP contribution in [0.2, 0.25) is 0 Å². The molecule has 2 heteroatoms. The number of nitrogens with one attached hydrogen (secondary N) is 1. The van der Waals surface area contributed by atoms with Gasteiger partial charge in [0.05, 0.1) is 6.04 Å². The summed E-state index contributed by atoms with van der Waals surface area (Å²) in [7, 11) is 0. The van der Waals surface area contributed by atoms with Crippen molar-refractivity contribution in [1.29, 1.82) is 0 Å². The Kier molecular flexibility index (Phi) is 4.78. The van der Waals surface area contributed by atoms with Gasteiger partial charge in [0.25, 0.3) is 0 Å². The van der Waals surface area contributed by atoms with Gasteiger partial charge in [-0.25, -0.2) is 0 Å². The lowest BCUT2D eigenvalue weighted by Gasteiger charge is -2.19. The zero-order valence-electron chi connectivity index (χ0n) is 12.5. The van der Waals surface area contributed by atoms with Crippen LogP contribution in [0.1, 0.15) is 45.2 Å². The summed E-state index contributed by atoms with van der Waals surface area (Å²) in [6, 6.07) is 14.6. The van der Waals surface area contributed by atoms with Crippen molar-refractivity contribution in [2.75, 3.05) is 0 Å². The molecular weight excluding hydrogens is 246 g/mol. The van der Waals surface area contributed by atoms with Crippen LogP contribution >= 0.6 is 0 Å². The number of amides is 1. The SMILES string of the molecule is CCCC(C)C(=O)NC(C)c1cccc2ccccc12. The summed E-state index contributed by atoms with van der Waals surface area (Å²) in [6.45, 7) is 6.16. The highest BCUT2D eigenvalue weighted by Crippen LogP contribution is 2.24. The highest BCUT2D eigenvalue weighted by molar-refractivity contribution is 5.87. The van der Waals surface area contributed by atoms with Crippen molar-refractivity contribution >= 4 is 16.7 Å². The zero-order valence-corrected chi connectivity index (χ0v) is 12.5. The first-order valence-corrected chi connectivity index (χ1v) is 7.41. The van der Waals surface area contributed by atoms with Crippen molar-refractivity contribution in [3.8, 4) is 0 Å². The van der Waals surface area contributed by atoms with E-state index in [1.165, 1.54) is 16.3 Å². The van der Waals surface area contributed by atoms with Gasteiger partial charge in [0, 0.05) is 5.92 Å². The Hall–Kier alpha value is -1.83. The van der Waals surface area contributed by atoms with Crippen LogP contribution in [-0.2, 0) is 4.79 Å². The topological polar surface area (TPSA) is 29.1 Å². The fourth-order valence-corrected chi connectivity index (χ4v) is 2.63. The Morgan fingerprint density at radius 3 is 2.55 bits per heavy atom. The predicted octanol–water partition coefficient (Wildman–Crippen LogP) is 4.45. The van der Waals surface area contributed by atoms with E-state index < -0.39 is 0 Å². The average Bonchev–Trinajstić information content (AvgIpc) is 2.46. The van der Waals surface area contributed by atoms with Gasteiger partial charge >= 0.3 is 0 Å². The van der Waals surface area contributed by atoms with E-state index in [9.17, 15) is 4.79 Å². The normalized spacial score (nSPS) is 13.9. The van der Waals surface area contributed by atoms with E-state index in [0.717, 1.165) is 12.8 Å². The third kappa shape index (κ3) is 3.19. The lowest BCUT2D eigenvalue weighted by Crippen LogP contribution is -2.31. The number of rotatable bonds is 5. The number of carbonyl (C=O) groups excluding carboxylic acids is 1. The Balaban J connectivity index is 2.19. The quantitative estimate of drug-likeness (QED) is 0.853. The molecule has 1 N–H and O–H groups in total. The first-order valence-electron chi connectivity index (χ1n) is 7.41. The maximum atomic E-state index is 12.1. The molecule has 106 valence electrons. The Bertz CT molecular complexity index is 585. The summed E-state index contributed by atoms with van der Waals surface area (Å²) in [4.78, 5) is 12.1. The van der Waals surface area contributed by atoms with Crippen LogP contribution in [0.15, 0.2) is 42.5 Å². The molecule has 0 aliphatic rings. The summed E-state index contributed by atoms with van der Waals surface area (Å²) in [5.41, 5.74) is 1.18. The molecular formula is C18H23NO. The van der Waals surface area contributed by atoms with Crippen molar-refractivity contribution in [2.45, 2.75) is 39.7 Å². The molecule has 2 atom stereocenters. The van der Waals surface area contributed by atoms with Gasteiger partial charge in [-0.15, -0.1) is 0 Å². The molecule has 0 aliphatic heterocycles. The largest absolute Gasteiger partial charge is 0.349 e. The Morgan fingerprint density at radius 2 is 1.80 bits per heavy atom. The molecule has 2 unspecified atom stereocenters. The van der Waals surface area contributed by atoms with Crippen LogP contribution < -0.4 is 5.32 Å². The van der Waals surface area contributed by atoms with Crippen molar-refractivity contribution in [3.63, 3.8) is 0 Å². The third-order valence-corrected chi connectivity index (χ3v) is 3.82. The molecule has 0 radical (unpaired) electrons. The van der Waals surface area contributed by atoms with Crippen LogP contribution in [0.3, 0.4) is 0 Å². The maximum absolute atomic E-state index is 12.1. The van der Waals surface area contributed by atoms with Gasteiger partial charge in [0.15, 0.2) is 0 Å². The smallest absolute Gasteiger partial charge is 0.223 e. The number of fused-ring (bicyclic) bond motifs is 1. The van der Waals surface area contributed by atoms with Crippen LogP contribution in [0.5, 0.6) is 0 Å². The van der Waals surface area contributed by atoms with Gasteiger partial charge in [-0.2, -0.15) is 0 Å². The number of benzene rings is 2. The molecule has 2 nitrogen and oxygen atoms in total. The molecule has 0 aliphatic carbocycles. The van der Waals surface area contributed by atoms with Crippen LogP contribution in [-0.4, -0.2) is 5.91 Å². The number of hydrogen-bond donors (Lipinski definition) is 1. The van der Waals surface area contributed by atoms with Gasteiger partial charge in [0.1, 0.15) is 0 Å². The number of carbonyl (C=O) groups is 1. The van der Waals surface area contributed by atoms with Crippen LogP contribution in [0.4, 0.5) is 0 Å². The van der Waals surface area contributed by atoms with Gasteiger partial charge in [0.2, 0.25) is 5.91 Å². The van der Waals surface area contributed by atoms with Crippen molar-refractivity contribution in [2.24, 2.45) is 5.92 Å². The molecule has 2 aromatic carbocycles. The summed E-state index contributed by atoms with van der Waals surface area (Å²) in [5.74, 6) is 0.227. The van der Waals surface area contributed by atoms with E-state index in [4.69, 9.17) is 0 Å². The molecule has 2 rings (SSSR count). The summed E-state index contributed by atoms with van der Waals surface area (Å²) in [6.07, 6.45) is 1.98. The fourth-order valence-electron chi connectivity index (χ4n) is 2.63.